The van der Waals surface area contributed by atoms with Crippen LogP contribution >= 0.6 is 11.8 Å². The van der Waals surface area contributed by atoms with Gasteiger partial charge < -0.3 is 5.32 Å². The molecular formula is C18H19NO2S. The summed E-state index contributed by atoms with van der Waals surface area (Å²) in [5.41, 5.74) is 1.76. The topological polar surface area (TPSA) is 46.2 Å². The van der Waals surface area contributed by atoms with Crippen LogP contribution in [0, 0.1) is 6.92 Å². The number of ketones is 1. The van der Waals surface area contributed by atoms with Gasteiger partial charge in [0.05, 0.1) is 0 Å². The molecule has 4 heteroatoms. The zero-order valence-electron chi connectivity index (χ0n) is 12.7. The Morgan fingerprint density at radius 1 is 1.05 bits per heavy atom. The van der Waals surface area contributed by atoms with E-state index in [0.29, 0.717) is 12.0 Å². The molecule has 0 aliphatic heterocycles. The molecule has 0 fully saturated rings. The van der Waals surface area contributed by atoms with Gasteiger partial charge in [0.25, 0.3) is 0 Å². The number of aryl methyl sites for hydroxylation is 1. The molecule has 2 rings (SSSR count). The van der Waals surface area contributed by atoms with Crippen molar-refractivity contribution in [2.45, 2.75) is 30.5 Å². The summed E-state index contributed by atoms with van der Waals surface area (Å²) in [6.07, 6.45) is 0.354. The maximum Gasteiger partial charge on any atom is 0.220 e. The van der Waals surface area contributed by atoms with Gasteiger partial charge in [0.15, 0.2) is 5.78 Å². The molecule has 1 atom stereocenters. The average molecular weight is 313 g/mol. The van der Waals surface area contributed by atoms with Crippen LogP contribution in [0.2, 0.25) is 0 Å². The average Bonchev–Trinajstić information content (AvgIpc) is 2.56. The molecule has 22 heavy (non-hydrogen) atoms. The highest BCUT2D eigenvalue weighted by molar-refractivity contribution is 8.00. The molecule has 1 N–H and O–H groups in total. The summed E-state index contributed by atoms with van der Waals surface area (Å²) in [5, 5.41) is 2.19. The van der Waals surface area contributed by atoms with Gasteiger partial charge in [-0.25, -0.2) is 0 Å². The third-order valence-corrected chi connectivity index (χ3v) is 4.30. The van der Waals surface area contributed by atoms with E-state index in [9.17, 15) is 9.59 Å². The van der Waals surface area contributed by atoms with Gasteiger partial charge in [-0.05, 0) is 19.1 Å². The minimum atomic E-state index is -0.613. The van der Waals surface area contributed by atoms with Crippen molar-refractivity contribution < 1.29 is 9.59 Å². The molecular weight excluding hydrogens is 294 g/mol. The fraction of sp³-hybridized carbons (Fsp3) is 0.222. The highest BCUT2D eigenvalue weighted by Crippen LogP contribution is 2.25. The number of Topliss-reactive ketones (excluding diaryl/α,β-unsaturated/α-hetero) is 1. The van der Waals surface area contributed by atoms with Crippen molar-refractivity contribution in [3.8, 4) is 0 Å². The van der Waals surface area contributed by atoms with Crippen molar-refractivity contribution in [3.63, 3.8) is 0 Å². The number of hydrogen-bond acceptors (Lipinski definition) is 3. The van der Waals surface area contributed by atoms with Crippen LogP contribution in [0.3, 0.4) is 0 Å². The highest BCUT2D eigenvalue weighted by atomic mass is 32.2. The molecule has 3 nitrogen and oxygen atoms in total. The summed E-state index contributed by atoms with van der Waals surface area (Å²) in [4.78, 5) is 25.3. The SMILES string of the molecule is CCC(=O)N[C@@H](Sc1ccc(C)cc1)C(=O)c1ccccc1. The Labute approximate surface area is 135 Å². The summed E-state index contributed by atoms with van der Waals surface area (Å²) in [6.45, 7) is 3.79. The first-order chi connectivity index (χ1) is 10.6. The fourth-order valence-corrected chi connectivity index (χ4v) is 2.90. The van der Waals surface area contributed by atoms with Crippen LogP contribution in [-0.2, 0) is 4.79 Å². The van der Waals surface area contributed by atoms with E-state index >= 15 is 0 Å². The summed E-state index contributed by atoms with van der Waals surface area (Å²) in [6, 6.07) is 17.0. The second-order valence-corrected chi connectivity index (χ2v) is 6.14. The Hall–Kier alpha value is -2.07. The normalized spacial score (nSPS) is 11.7. The van der Waals surface area contributed by atoms with Gasteiger partial charge in [-0.3, -0.25) is 9.59 Å². The molecule has 0 bridgehead atoms. The number of rotatable bonds is 6. The minimum Gasteiger partial charge on any atom is -0.337 e. The monoisotopic (exact) mass is 313 g/mol. The number of carbonyl (C=O) groups is 2. The zero-order chi connectivity index (χ0) is 15.9. The molecule has 1 amide bonds. The first kappa shape index (κ1) is 16.3. The maximum atomic E-state index is 12.6. The molecule has 2 aromatic rings. The second-order valence-electron chi connectivity index (χ2n) is 4.96. The lowest BCUT2D eigenvalue weighted by Crippen LogP contribution is -2.38. The van der Waals surface area contributed by atoms with Gasteiger partial charge in [0.2, 0.25) is 5.91 Å². The fourth-order valence-electron chi connectivity index (χ4n) is 1.90. The Kier molecular flexibility index (Phi) is 5.78. The van der Waals surface area contributed by atoms with Crippen LogP contribution in [0.5, 0.6) is 0 Å². The Morgan fingerprint density at radius 2 is 1.68 bits per heavy atom. The van der Waals surface area contributed by atoms with Crippen LogP contribution in [0.4, 0.5) is 0 Å². The Bertz CT molecular complexity index is 638. The summed E-state index contributed by atoms with van der Waals surface area (Å²) >= 11 is 1.36. The molecule has 0 unspecified atom stereocenters. The zero-order valence-corrected chi connectivity index (χ0v) is 13.5. The number of benzene rings is 2. The maximum absolute atomic E-state index is 12.6. The summed E-state index contributed by atoms with van der Waals surface area (Å²) < 4.78 is 0. The molecule has 0 aliphatic rings. The van der Waals surface area contributed by atoms with E-state index < -0.39 is 5.37 Å². The lowest BCUT2D eigenvalue weighted by atomic mass is 10.1. The van der Waals surface area contributed by atoms with E-state index in [-0.39, 0.29) is 11.7 Å². The summed E-state index contributed by atoms with van der Waals surface area (Å²) in [7, 11) is 0. The molecule has 0 heterocycles. The smallest absolute Gasteiger partial charge is 0.220 e. The highest BCUT2D eigenvalue weighted by Gasteiger charge is 2.22. The number of amides is 1. The van der Waals surface area contributed by atoms with Crippen LogP contribution in [0.25, 0.3) is 0 Å². The third-order valence-electron chi connectivity index (χ3n) is 3.18. The van der Waals surface area contributed by atoms with Gasteiger partial charge in [-0.15, -0.1) is 0 Å². The van der Waals surface area contributed by atoms with Crippen molar-refractivity contribution >= 4 is 23.5 Å². The molecule has 0 saturated carbocycles. The Morgan fingerprint density at radius 3 is 2.27 bits per heavy atom. The first-order valence-corrected chi connectivity index (χ1v) is 8.10. The number of carbonyl (C=O) groups excluding carboxylic acids is 2. The first-order valence-electron chi connectivity index (χ1n) is 7.22. The van der Waals surface area contributed by atoms with Gasteiger partial charge in [-0.1, -0.05) is 66.7 Å². The van der Waals surface area contributed by atoms with Crippen molar-refractivity contribution in [1.29, 1.82) is 0 Å². The van der Waals surface area contributed by atoms with Gasteiger partial charge in [-0.2, -0.15) is 0 Å². The van der Waals surface area contributed by atoms with E-state index in [0.717, 1.165) is 10.5 Å². The largest absolute Gasteiger partial charge is 0.337 e. The molecule has 114 valence electrons. The van der Waals surface area contributed by atoms with E-state index in [1.807, 2.05) is 49.4 Å². The molecule has 0 spiro atoms. The standard InChI is InChI=1S/C18H19NO2S/c1-3-16(20)19-18(17(21)14-7-5-4-6-8-14)22-15-11-9-13(2)10-12-15/h4-12,18H,3H2,1-2H3,(H,19,20)/t18-/m0/s1. The predicted molar refractivity (Wildman–Crippen MR) is 90.0 cm³/mol. The lowest BCUT2D eigenvalue weighted by molar-refractivity contribution is -0.120. The molecule has 0 saturated heterocycles. The van der Waals surface area contributed by atoms with Crippen LogP contribution in [0.1, 0.15) is 29.3 Å². The quantitative estimate of drug-likeness (QED) is 0.501. The van der Waals surface area contributed by atoms with E-state index in [2.05, 4.69) is 5.32 Å². The van der Waals surface area contributed by atoms with Crippen LogP contribution in [0.15, 0.2) is 59.5 Å². The predicted octanol–water partition coefficient (Wildman–Crippen LogP) is 3.82. The summed E-state index contributed by atoms with van der Waals surface area (Å²) in [5.74, 6) is -0.220. The molecule has 0 aliphatic carbocycles. The number of thioether (sulfide) groups is 1. The van der Waals surface area contributed by atoms with Crippen molar-refractivity contribution in [1.82, 2.24) is 5.32 Å². The second kappa shape index (κ2) is 7.80. The van der Waals surface area contributed by atoms with E-state index in [1.54, 1.807) is 19.1 Å². The van der Waals surface area contributed by atoms with E-state index in [1.165, 1.54) is 11.8 Å². The van der Waals surface area contributed by atoms with E-state index in [4.69, 9.17) is 0 Å². The van der Waals surface area contributed by atoms with Crippen molar-refractivity contribution in [2.75, 3.05) is 0 Å². The third kappa shape index (κ3) is 4.46. The minimum absolute atomic E-state index is 0.0898. The molecule has 2 aromatic carbocycles. The number of nitrogens with one attached hydrogen (secondary N) is 1. The molecule has 0 aromatic heterocycles. The van der Waals surface area contributed by atoms with Gasteiger partial charge in [0, 0.05) is 16.9 Å². The molecule has 0 radical (unpaired) electrons. The van der Waals surface area contributed by atoms with Gasteiger partial charge >= 0.3 is 0 Å². The van der Waals surface area contributed by atoms with Crippen LogP contribution in [-0.4, -0.2) is 17.1 Å². The Balaban J connectivity index is 2.20. The lowest BCUT2D eigenvalue weighted by Gasteiger charge is -2.17. The van der Waals surface area contributed by atoms with Crippen molar-refractivity contribution in [3.05, 3.63) is 65.7 Å². The van der Waals surface area contributed by atoms with Crippen molar-refractivity contribution in [2.24, 2.45) is 0 Å². The van der Waals surface area contributed by atoms with Crippen LogP contribution < -0.4 is 5.32 Å². The number of hydrogen-bond donors (Lipinski definition) is 1. The van der Waals surface area contributed by atoms with Gasteiger partial charge in [0.1, 0.15) is 5.37 Å².